The zero-order chi connectivity index (χ0) is 23.8. The van der Waals surface area contributed by atoms with E-state index >= 15 is 0 Å². The molecule has 0 radical (unpaired) electrons. The average molecular weight is 478 g/mol. The monoisotopic (exact) mass is 477 g/mol. The first-order valence-corrected chi connectivity index (χ1v) is 12.1. The Labute approximate surface area is 199 Å². The maximum absolute atomic E-state index is 13.7. The summed E-state index contributed by atoms with van der Waals surface area (Å²) in [6.07, 6.45) is 4.23. The molecule has 3 amide bonds. The number of carbonyl (C=O) groups is 3. The summed E-state index contributed by atoms with van der Waals surface area (Å²) in [6, 6.07) is 6.12. The van der Waals surface area contributed by atoms with Gasteiger partial charge in [-0.1, -0.05) is 36.6 Å². The third kappa shape index (κ3) is 3.92. The molecule has 1 aromatic carbocycles. The Hall–Kier alpha value is -2.16. The molecule has 3 heterocycles. The maximum Gasteiger partial charge on any atom is 0.250 e. The minimum atomic E-state index is -1.04. The van der Waals surface area contributed by atoms with E-state index in [0.29, 0.717) is 42.9 Å². The molecule has 0 saturated carbocycles. The number of aliphatic hydroxyl groups excluding tert-OH is 1. The van der Waals surface area contributed by atoms with Gasteiger partial charge in [0.15, 0.2) is 0 Å². The Kier molecular flexibility index (Phi) is 6.71. The van der Waals surface area contributed by atoms with Gasteiger partial charge >= 0.3 is 0 Å². The van der Waals surface area contributed by atoms with E-state index in [0.717, 1.165) is 12.8 Å². The van der Waals surface area contributed by atoms with Crippen LogP contribution in [0, 0.1) is 11.8 Å². The first kappa shape index (κ1) is 24.0. The molecule has 1 aromatic rings. The first-order valence-electron chi connectivity index (χ1n) is 11.7. The van der Waals surface area contributed by atoms with E-state index in [-0.39, 0.29) is 24.3 Å². The Morgan fingerprint density at radius 1 is 1.18 bits per heavy atom. The number of para-hydroxylation sites is 1. The Morgan fingerprint density at radius 2 is 1.91 bits per heavy atom. The molecule has 9 heteroatoms. The van der Waals surface area contributed by atoms with Gasteiger partial charge in [0.1, 0.15) is 11.6 Å². The van der Waals surface area contributed by atoms with Crippen LogP contribution in [0.2, 0.25) is 5.02 Å². The van der Waals surface area contributed by atoms with Crippen LogP contribution in [0.4, 0.5) is 5.69 Å². The van der Waals surface area contributed by atoms with Crippen LogP contribution < -0.4 is 10.6 Å². The molecule has 3 aliphatic rings. The van der Waals surface area contributed by atoms with Crippen molar-refractivity contribution in [2.24, 2.45) is 11.8 Å². The van der Waals surface area contributed by atoms with Crippen molar-refractivity contribution in [1.29, 1.82) is 0 Å². The smallest absolute Gasteiger partial charge is 0.250 e. The van der Waals surface area contributed by atoms with Gasteiger partial charge in [0.25, 0.3) is 0 Å². The summed E-state index contributed by atoms with van der Waals surface area (Å²) in [6.45, 7) is 2.40. The van der Waals surface area contributed by atoms with Gasteiger partial charge in [0.05, 0.1) is 28.1 Å². The summed E-state index contributed by atoms with van der Waals surface area (Å²) < 4.78 is 6.50. The molecule has 5 atom stereocenters. The lowest BCUT2D eigenvalue weighted by Gasteiger charge is -2.33. The number of carbonyl (C=O) groups excluding carboxylic acids is 3. The molecule has 2 bridgehead atoms. The molecular formula is C24H32ClN3O5. The molecule has 4 rings (SSSR count). The van der Waals surface area contributed by atoms with E-state index in [1.807, 2.05) is 6.92 Å². The van der Waals surface area contributed by atoms with Crippen LogP contribution in [-0.2, 0) is 19.1 Å². The fourth-order valence-corrected chi connectivity index (χ4v) is 6.22. The number of anilines is 1. The van der Waals surface area contributed by atoms with Crippen LogP contribution in [0.25, 0.3) is 0 Å². The van der Waals surface area contributed by atoms with Gasteiger partial charge in [-0.3, -0.25) is 14.4 Å². The van der Waals surface area contributed by atoms with Crippen LogP contribution in [0.5, 0.6) is 0 Å². The predicted octanol–water partition coefficient (Wildman–Crippen LogP) is 2.34. The molecule has 180 valence electrons. The van der Waals surface area contributed by atoms with Crippen molar-refractivity contribution in [3.8, 4) is 0 Å². The summed E-state index contributed by atoms with van der Waals surface area (Å²) >= 11 is 6.27. The summed E-state index contributed by atoms with van der Waals surface area (Å²) in [5, 5.41) is 15.0. The third-order valence-electron chi connectivity index (χ3n) is 7.49. The van der Waals surface area contributed by atoms with Crippen LogP contribution in [0.3, 0.4) is 0 Å². The number of hydrogen-bond acceptors (Lipinski definition) is 5. The van der Waals surface area contributed by atoms with E-state index < -0.39 is 29.1 Å². The molecule has 0 aliphatic carbocycles. The van der Waals surface area contributed by atoms with Crippen molar-refractivity contribution in [2.45, 2.75) is 62.7 Å². The van der Waals surface area contributed by atoms with E-state index in [4.69, 9.17) is 21.4 Å². The fourth-order valence-electron chi connectivity index (χ4n) is 6.03. The molecule has 1 spiro atoms. The summed E-state index contributed by atoms with van der Waals surface area (Å²) in [5.41, 5.74) is -1.35. The molecule has 0 aromatic heterocycles. The Bertz CT molecular complexity index is 942. The number of likely N-dealkylation sites (tertiary alicyclic amines) is 1. The number of halogens is 1. The highest BCUT2D eigenvalue weighted by Crippen LogP contribution is 2.63. The second-order valence-corrected chi connectivity index (χ2v) is 9.89. The lowest BCUT2D eigenvalue weighted by Crippen LogP contribution is -2.53. The molecule has 2 unspecified atom stereocenters. The van der Waals surface area contributed by atoms with Gasteiger partial charge in [-0.2, -0.15) is 0 Å². The molecule has 3 aliphatic heterocycles. The highest BCUT2D eigenvalue weighted by atomic mass is 35.5. The normalized spacial score (nSPS) is 32.2. The van der Waals surface area contributed by atoms with E-state index in [2.05, 4.69) is 10.6 Å². The number of fused-ring (bicyclic) bond motifs is 1. The summed E-state index contributed by atoms with van der Waals surface area (Å²) in [4.78, 5) is 41.8. The number of rotatable bonds is 9. The van der Waals surface area contributed by atoms with Crippen LogP contribution in [0.15, 0.2) is 24.3 Å². The number of ether oxygens (including phenoxy) is 1. The van der Waals surface area contributed by atoms with Crippen LogP contribution >= 0.6 is 11.6 Å². The van der Waals surface area contributed by atoms with Crippen molar-refractivity contribution in [2.75, 3.05) is 25.5 Å². The van der Waals surface area contributed by atoms with Gasteiger partial charge < -0.3 is 25.4 Å². The average Bonchev–Trinajstić information content (AvgIpc) is 3.35. The summed E-state index contributed by atoms with van der Waals surface area (Å²) in [5.74, 6) is -2.12. The zero-order valence-corrected chi connectivity index (χ0v) is 19.9. The van der Waals surface area contributed by atoms with E-state index in [1.165, 1.54) is 0 Å². The zero-order valence-electron chi connectivity index (χ0n) is 19.1. The topological polar surface area (TPSA) is 108 Å². The lowest BCUT2D eigenvalue weighted by molar-refractivity contribution is -0.144. The second-order valence-electron chi connectivity index (χ2n) is 9.48. The van der Waals surface area contributed by atoms with Crippen LogP contribution in [-0.4, -0.2) is 65.2 Å². The quantitative estimate of drug-likeness (QED) is 0.473. The van der Waals surface area contributed by atoms with Gasteiger partial charge in [0.2, 0.25) is 17.7 Å². The maximum atomic E-state index is 13.7. The number of unbranched alkanes of at least 4 members (excludes halogenated alkanes) is 3. The van der Waals surface area contributed by atoms with Crippen molar-refractivity contribution < 1.29 is 24.2 Å². The number of amides is 3. The highest BCUT2D eigenvalue weighted by molar-refractivity contribution is 6.33. The molecule has 8 nitrogen and oxygen atoms in total. The van der Waals surface area contributed by atoms with E-state index in [9.17, 15) is 14.4 Å². The largest absolute Gasteiger partial charge is 0.396 e. The Balaban J connectivity index is 1.66. The molecule has 3 fully saturated rings. The van der Waals surface area contributed by atoms with Gasteiger partial charge in [-0.15, -0.1) is 0 Å². The predicted molar refractivity (Wildman–Crippen MR) is 124 cm³/mol. The van der Waals surface area contributed by atoms with Crippen molar-refractivity contribution in [3.63, 3.8) is 0 Å². The standard InChI is InChI=1S/C24H32ClN3O5/c1-23-11-12-24(33-23)18(17(23)20(30)26-2)22(32)28(13-7-3-4-8-14-29)19(24)21(31)27-16-10-6-5-9-15(16)25/h5-6,9-10,17-19,29H,3-4,7-8,11-14H2,1-2H3,(H,26,30)(H,27,31)/t17-,18-,19?,23+,24?/m0/s1. The number of hydrogen-bond donors (Lipinski definition) is 3. The van der Waals surface area contributed by atoms with Gasteiger partial charge in [-0.05, 0) is 44.7 Å². The van der Waals surface area contributed by atoms with Gasteiger partial charge in [-0.25, -0.2) is 0 Å². The number of benzene rings is 1. The number of aliphatic hydroxyl groups is 1. The minimum absolute atomic E-state index is 0.136. The van der Waals surface area contributed by atoms with Crippen molar-refractivity contribution in [1.82, 2.24) is 10.2 Å². The minimum Gasteiger partial charge on any atom is -0.396 e. The van der Waals surface area contributed by atoms with Crippen molar-refractivity contribution in [3.05, 3.63) is 29.3 Å². The van der Waals surface area contributed by atoms with Crippen LogP contribution in [0.1, 0.15) is 45.4 Å². The molecular weight excluding hydrogens is 446 g/mol. The lowest BCUT2D eigenvalue weighted by atomic mass is 9.66. The first-order chi connectivity index (χ1) is 15.8. The van der Waals surface area contributed by atoms with E-state index in [1.54, 1.807) is 36.2 Å². The second kappa shape index (κ2) is 9.24. The molecule has 33 heavy (non-hydrogen) atoms. The fraction of sp³-hybridized carbons (Fsp3) is 0.625. The Morgan fingerprint density at radius 3 is 2.61 bits per heavy atom. The summed E-state index contributed by atoms with van der Waals surface area (Å²) in [7, 11) is 1.56. The van der Waals surface area contributed by atoms with Crippen molar-refractivity contribution >= 4 is 35.0 Å². The third-order valence-corrected chi connectivity index (χ3v) is 7.82. The number of nitrogens with zero attached hydrogens (tertiary/aromatic N) is 1. The molecule has 3 N–H and O–H groups in total. The number of nitrogens with one attached hydrogen (secondary N) is 2. The SMILES string of the molecule is CNC(=O)[C@@H]1[C@H]2C(=O)N(CCCCCCO)C(C(=O)Nc3ccccc3Cl)C23CC[C@@]1(C)O3. The molecule has 3 saturated heterocycles. The highest BCUT2D eigenvalue weighted by Gasteiger charge is 2.77. The van der Waals surface area contributed by atoms with Gasteiger partial charge in [0, 0.05) is 20.2 Å².